The van der Waals surface area contributed by atoms with Gasteiger partial charge in [-0.25, -0.2) is 0 Å². The number of fused-ring (bicyclic) bond motifs is 1. The molecular weight excluding hydrogens is 314 g/mol. The van der Waals surface area contributed by atoms with Gasteiger partial charge in [-0.3, -0.25) is 9.59 Å². The molecule has 1 atom stereocenters. The van der Waals surface area contributed by atoms with E-state index in [1.165, 1.54) is 0 Å². The number of hydrogen-bond donors (Lipinski definition) is 3. The Bertz CT molecular complexity index is 756. The fraction of sp³-hybridized carbons (Fsp3) is 0.300. The van der Waals surface area contributed by atoms with Crippen molar-refractivity contribution in [3.05, 3.63) is 65.2 Å². The lowest BCUT2D eigenvalue weighted by Gasteiger charge is -2.27. The highest BCUT2D eigenvalue weighted by molar-refractivity contribution is 5.92. The van der Waals surface area contributed by atoms with Crippen molar-refractivity contribution in [2.45, 2.75) is 25.8 Å². The smallest absolute Gasteiger partial charge is 0.238 e. The van der Waals surface area contributed by atoms with E-state index >= 15 is 0 Å². The fourth-order valence-corrected chi connectivity index (χ4v) is 3.05. The molecule has 2 amide bonds. The average Bonchev–Trinajstić information content (AvgIpc) is 2.62. The highest BCUT2D eigenvalue weighted by Gasteiger charge is 2.25. The van der Waals surface area contributed by atoms with Crippen LogP contribution < -0.4 is 16.0 Å². The normalized spacial score (nSPS) is 16.0. The van der Waals surface area contributed by atoms with Gasteiger partial charge in [0, 0.05) is 5.69 Å². The summed E-state index contributed by atoms with van der Waals surface area (Å²) in [5, 5.41) is 8.99. The molecule has 1 aliphatic rings. The molecule has 0 aliphatic carbocycles. The van der Waals surface area contributed by atoms with E-state index in [-0.39, 0.29) is 17.9 Å². The topological polar surface area (TPSA) is 70.2 Å². The van der Waals surface area contributed by atoms with Crippen LogP contribution in [0.2, 0.25) is 0 Å². The minimum Gasteiger partial charge on any atom is -0.345 e. The lowest BCUT2D eigenvalue weighted by Crippen LogP contribution is -2.35. The zero-order chi connectivity index (χ0) is 17.6. The summed E-state index contributed by atoms with van der Waals surface area (Å²) in [7, 11) is 0. The molecule has 1 aliphatic heterocycles. The molecule has 130 valence electrons. The van der Waals surface area contributed by atoms with Crippen molar-refractivity contribution in [3.63, 3.8) is 0 Å². The molecule has 0 saturated carbocycles. The highest BCUT2D eigenvalue weighted by Crippen LogP contribution is 2.29. The average molecular weight is 337 g/mol. The van der Waals surface area contributed by atoms with Crippen molar-refractivity contribution in [1.29, 1.82) is 0 Å². The first-order valence-corrected chi connectivity index (χ1v) is 8.65. The number of benzene rings is 2. The Hall–Kier alpha value is -2.66. The predicted octanol–water partition coefficient (Wildman–Crippen LogP) is 2.39. The van der Waals surface area contributed by atoms with Gasteiger partial charge in [-0.1, -0.05) is 43.3 Å². The minimum absolute atomic E-state index is 0.0306. The molecule has 0 bridgehead atoms. The summed E-state index contributed by atoms with van der Waals surface area (Å²) in [5.74, 6) is -0.0272. The number of rotatable bonds is 6. The van der Waals surface area contributed by atoms with Crippen molar-refractivity contribution < 1.29 is 9.59 Å². The molecule has 25 heavy (non-hydrogen) atoms. The van der Waals surface area contributed by atoms with E-state index in [9.17, 15) is 9.59 Å². The Kier molecular flexibility index (Phi) is 5.46. The van der Waals surface area contributed by atoms with E-state index < -0.39 is 0 Å². The molecule has 2 aromatic carbocycles. The van der Waals surface area contributed by atoms with E-state index in [1.54, 1.807) is 0 Å². The third-order valence-electron chi connectivity index (χ3n) is 4.26. The van der Waals surface area contributed by atoms with Gasteiger partial charge in [-0.2, -0.15) is 0 Å². The molecule has 1 unspecified atom stereocenters. The highest BCUT2D eigenvalue weighted by atomic mass is 16.2. The number of carbonyl (C=O) groups excluding carboxylic acids is 2. The van der Waals surface area contributed by atoms with Gasteiger partial charge in [0.05, 0.1) is 19.0 Å². The van der Waals surface area contributed by atoms with Crippen molar-refractivity contribution >= 4 is 17.5 Å². The zero-order valence-electron chi connectivity index (χ0n) is 14.3. The minimum atomic E-state index is -0.145. The van der Waals surface area contributed by atoms with Crippen LogP contribution in [0.15, 0.2) is 48.5 Å². The van der Waals surface area contributed by atoms with Gasteiger partial charge in [0.2, 0.25) is 11.8 Å². The van der Waals surface area contributed by atoms with Crippen LogP contribution in [0.5, 0.6) is 0 Å². The first-order chi connectivity index (χ1) is 12.2. The van der Waals surface area contributed by atoms with Gasteiger partial charge in [0.25, 0.3) is 0 Å². The summed E-state index contributed by atoms with van der Waals surface area (Å²) >= 11 is 0. The van der Waals surface area contributed by atoms with Gasteiger partial charge < -0.3 is 16.0 Å². The summed E-state index contributed by atoms with van der Waals surface area (Å²) in [4.78, 5) is 23.8. The summed E-state index contributed by atoms with van der Waals surface area (Å²) in [5.41, 5.74) is 3.95. The zero-order valence-corrected chi connectivity index (χ0v) is 14.3. The Morgan fingerprint density at radius 3 is 2.68 bits per heavy atom. The lowest BCUT2D eigenvalue weighted by molar-refractivity contribution is -0.121. The van der Waals surface area contributed by atoms with E-state index in [0.717, 1.165) is 35.3 Å². The third-order valence-corrected chi connectivity index (χ3v) is 4.26. The number of anilines is 1. The maximum absolute atomic E-state index is 12.0. The molecule has 1 heterocycles. The molecule has 0 aromatic heterocycles. The first-order valence-electron chi connectivity index (χ1n) is 8.65. The van der Waals surface area contributed by atoms with Crippen LogP contribution in [-0.2, 0) is 16.0 Å². The second-order valence-electron chi connectivity index (χ2n) is 6.22. The van der Waals surface area contributed by atoms with Crippen LogP contribution in [0.3, 0.4) is 0 Å². The molecule has 2 aromatic rings. The largest absolute Gasteiger partial charge is 0.345 e. The van der Waals surface area contributed by atoms with Crippen LogP contribution in [-0.4, -0.2) is 24.9 Å². The van der Waals surface area contributed by atoms with Gasteiger partial charge >= 0.3 is 0 Å². The van der Waals surface area contributed by atoms with E-state index in [1.807, 2.05) is 42.5 Å². The number of amides is 2. The standard InChI is InChI=1S/C20H23N3O2/c1-2-11-21-13-19(25)22-16-9-7-14(8-10-16)20-17-6-4-3-5-15(17)12-18(24)23-20/h3-10,20-21H,2,11-13H2,1H3,(H,22,25)(H,23,24). The molecule has 0 spiro atoms. The molecular formula is C20H23N3O2. The third kappa shape index (κ3) is 4.25. The van der Waals surface area contributed by atoms with Gasteiger partial charge in [0.15, 0.2) is 0 Å². The fourth-order valence-electron chi connectivity index (χ4n) is 3.05. The van der Waals surface area contributed by atoms with Crippen LogP contribution in [0, 0.1) is 0 Å². The predicted molar refractivity (Wildman–Crippen MR) is 98.4 cm³/mol. The Balaban J connectivity index is 1.70. The molecule has 3 N–H and O–H groups in total. The number of carbonyl (C=O) groups is 2. The van der Waals surface area contributed by atoms with E-state index in [2.05, 4.69) is 28.9 Å². The summed E-state index contributed by atoms with van der Waals surface area (Å²) < 4.78 is 0. The molecule has 5 heteroatoms. The van der Waals surface area contributed by atoms with Crippen LogP contribution in [0.1, 0.15) is 36.1 Å². The lowest BCUT2D eigenvalue weighted by atomic mass is 9.89. The maximum Gasteiger partial charge on any atom is 0.238 e. The maximum atomic E-state index is 12.0. The Morgan fingerprint density at radius 2 is 1.92 bits per heavy atom. The molecule has 5 nitrogen and oxygen atoms in total. The SMILES string of the molecule is CCCNCC(=O)Nc1ccc(C2NC(=O)Cc3ccccc32)cc1. The van der Waals surface area contributed by atoms with Gasteiger partial charge in [-0.05, 0) is 41.8 Å². The first kappa shape index (κ1) is 17.2. The second kappa shape index (κ2) is 7.94. The Morgan fingerprint density at radius 1 is 1.16 bits per heavy atom. The second-order valence-corrected chi connectivity index (χ2v) is 6.22. The Labute approximate surface area is 147 Å². The van der Waals surface area contributed by atoms with Crippen LogP contribution in [0.4, 0.5) is 5.69 Å². The van der Waals surface area contributed by atoms with E-state index in [0.29, 0.717) is 13.0 Å². The summed E-state index contributed by atoms with van der Waals surface area (Å²) in [6, 6.07) is 15.5. The number of nitrogens with one attached hydrogen (secondary N) is 3. The van der Waals surface area contributed by atoms with E-state index in [4.69, 9.17) is 0 Å². The van der Waals surface area contributed by atoms with Crippen molar-refractivity contribution in [2.75, 3.05) is 18.4 Å². The molecule has 3 rings (SSSR count). The van der Waals surface area contributed by atoms with Crippen LogP contribution in [0.25, 0.3) is 0 Å². The van der Waals surface area contributed by atoms with Crippen LogP contribution >= 0.6 is 0 Å². The van der Waals surface area contributed by atoms with Crippen molar-refractivity contribution in [2.24, 2.45) is 0 Å². The van der Waals surface area contributed by atoms with Gasteiger partial charge in [0.1, 0.15) is 0 Å². The molecule has 0 fully saturated rings. The molecule has 0 saturated heterocycles. The monoisotopic (exact) mass is 337 g/mol. The van der Waals surface area contributed by atoms with Crippen molar-refractivity contribution in [1.82, 2.24) is 10.6 Å². The summed E-state index contributed by atoms with van der Waals surface area (Å²) in [6.45, 7) is 3.20. The summed E-state index contributed by atoms with van der Waals surface area (Å²) in [6.07, 6.45) is 1.42. The van der Waals surface area contributed by atoms with Crippen molar-refractivity contribution in [3.8, 4) is 0 Å². The number of hydrogen-bond acceptors (Lipinski definition) is 3. The van der Waals surface area contributed by atoms with Gasteiger partial charge in [-0.15, -0.1) is 0 Å². The molecule has 0 radical (unpaired) electrons. The quantitative estimate of drug-likeness (QED) is 0.709.